The number of halogens is 1. The van der Waals surface area contributed by atoms with Crippen LogP contribution < -0.4 is 11.5 Å². The van der Waals surface area contributed by atoms with Gasteiger partial charge in [-0.1, -0.05) is 41.1 Å². The number of hydrogen-bond donors (Lipinski definition) is 2. The van der Waals surface area contributed by atoms with Gasteiger partial charge in [-0.15, -0.1) is 0 Å². The highest BCUT2D eigenvalue weighted by Gasteiger charge is 2.20. The fourth-order valence-electron chi connectivity index (χ4n) is 1.86. The average molecular weight is 300 g/mol. The van der Waals surface area contributed by atoms with Crippen molar-refractivity contribution in [2.75, 3.05) is 19.6 Å². The van der Waals surface area contributed by atoms with Gasteiger partial charge in [0.15, 0.2) is 0 Å². The number of rotatable bonds is 6. The van der Waals surface area contributed by atoms with Gasteiger partial charge in [-0.2, -0.15) is 0 Å². The lowest BCUT2D eigenvalue weighted by atomic mass is 10.1. The molecule has 0 fully saturated rings. The van der Waals surface area contributed by atoms with Crippen molar-refractivity contribution >= 4 is 21.8 Å². The molecule has 0 aliphatic rings. The number of nitrogens with zero attached hydrogens (tertiary/aromatic N) is 1. The number of benzene rings is 1. The van der Waals surface area contributed by atoms with Crippen LogP contribution in [0, 0.1) is 0 Å². The summed E-state index contributed by atoms with van der Waals surface area (Å²) in [5.74, 6) is -0.336. The summed E-state index contributed by atoms with van der Waals surface area (Å²) in [6.07, 6.45) is 0. The van der Waals surface area contributed by atoms with Crippen LogP contribution >= 0.6 is 15.9 Å². The summed E-state index contributed by atoms with van der Waals surface area (Å²) in [6.45, 7) is 3.39. The Balaban J connectivity index is 2.97. The minimum atomic E-state index is -0.336. The normalized spacial score (nSPS) is 12.7. The first kappa shape index (κ1) is 14.2. The molecule has 0 saturated carbocycles. The molecule has 17 heavy (non-hydrogen) atoms. The molecule has 0 bridgehead atoms. The fraction of sp³-hybridized carbons (Fsp3) is 0.417. The van der Waals surface area contributed by atoms with E-state index in [-0.39, 0.29) is 18.5 Å². The Morgan fingerprint density at radius 3 is 2.59 bits per heavy atom. The first-order valence-electron chi connectivity index (χ1n) is 5.57. The molecule has 0 radical (unpaired) electrons. The zero-order chi connectivity index (χ0) is 12.8. The summed E-state index contributed by atoms with van der Waals surface area (Å²) in [4.78, 5) is 13.0. The zero-order valence-electron chi connectivity index (χ0n) is 9.90. The molecule has 5 heteroatoms. The topological polar surface area (TPSA) is 72.3 Å². The molecule has 1 aromatic carbocycles. The van der Waals surface area contributed by atoms with Gasteiger partial charge in [-0.25, -0.2) is 0 Å². The Kier molecular flexibility index (Phi) is 5.61. The van der Waals surface area contributed by atoms with E-state index < -0.39 is 0 Å². The summed E-state index contributed by atoms with van der Waals surface area (Å²) in [7, 11) is 0. The second-order valence-electron chi connectivity index (χ2n) is 3.80. The quantitative estimate of drug-likeness (QED) is 0.830. The number of hydrogen-bond acceptors (Lipinski definition) is 3. The molecule has 0 aliphatic carbocycles. The van der Waals surface area contributed by atoms with Gasteiger partial charge >= 0.3 is 0 Å². The van der Waals surface area contributed by atoms with E-state index in [1.807, 2.05) is 36.1 Å². The van der Waals surface area contributed by atoms with Crippen molar-refractivity contribution in [3.8, 4) is 0 Å². The lowest BCUT2D eigenvalue weighted by molar-refractivity contribution is -0.119. The van der Waals surface area contributed by atoms with Crippen molar-refractivity contribution in [3.05, 3.63) is 34.3 Å². The molecule has 1 aromatic rings. The number of nitrogens with two attached hydrogens (primary N) is 2. The molecule has 0 saturated heterocycles. The Hall–Kier alpha value is -0.910. The van der Waals surface area contributed by atoms with E-state index in [2.05, 4.69) is 15.9 Å². The summed E-state index contributed by atoms with van der Waals surface area (Å²) < 4.78 is 0.998. The number of likely N-dealkylation sites (N-methyl/N-ethyl adjacent to an activating group) is 1. The summed E-state index contributed by atoms with van der Waals surface area (Å²) in [5.41, 5.74) is 12.1. The third-order valence-corrected chi connectivity index (χ3v) is 3.42. The predicted octanol–water partition coefficient (Wildman–Crippen LogP) is 1.26. The molecule has 0 spiro atoms. The second kappa shape index (κ2) is 6.74. The first-order chi connectivity index (χ1) is 8.10. The maximum absolute atomic E-state index is 11.0. The molecule has 0 aromatic heterocycles. The highest BCUT2D eigenvalue weighted by Crippen LogP contribution is 2.26. The Morgan fingerprint density at radius 2 is 2.12 bits per heavy atom. The fourth-order valence-corrected chi connectivity index (χ4v) is 2.41. The number of carbonyl (C=O) groups is 1. The first-order valence-corrected chi connectivity index (χ1v) is 6.36. The molecular formula is C12H18BrN3O. The summed E-state index contributed by atoms with van der Waals surface area (Å²) >= 11 is 3.50. The SMILES string of the molecule is CCN(CC(N)=O)C(CN)c1ccccc1Br. The van der Waals surface area contributed by atoms with Gasteiger partial charge in [-0.05, 0) is 18.2 Å². The van der Waals surface area contributed by atoms with Crippen LogP contribution in [0.1, 0.15) is 18.5 Å². The highest BCUT2D eigenvalue weighted by molar-refractivity contribution is 9.10. The number of amides is 1. The number of primary amides is 1. The van der Waals surface area contributed by atoms with Crippen LogP contribution in [-0.2, 0) is 4.79 Å². The van der Waals surface area contributed by atoms with Crippen molar-refractivity contribution in [1.82, 2.24) is 4.90 Å². The second-order valence-corrected chi connectivity index (χ2v) is 4.66. The van der Waals surface area contributed by atoms with Gasteiger partial charge < -0.3 is 11.5 Å². The molecule has 4 nitrogen and oxygen atoms in total. The molecule has 1 unspecified atom stereocenters. The van der Waals surface area contributed by atoms with Gasteiger partial charge in [0.25, 0.3) is 0 Å². The van der Waals surface area contributed by atoms with Crippen LogP contribution in [0.4, 0.5) is 0 Å². The smallest absolute Gasteiger partial charge is 0.231 e. The Bertz CT molecular complexity index is 384. The monoisotopic (exact) mass is 299 g/mol. The summed E-state index contributed by atoms with van der Waals surface area (Å²) in [6, 6.07) is 7.89. The third-order valence-electron chi connectivity index (χ3n) is 2.69. The minimum Gasteiger partial charge on any atom is -0.369 e. The highest BCUT2D eigenvalue weighted by atomic mass is 79.9. The maximum atomic E-state index is 11.0. The van der Waals surface area contributed by atoms with Crippen molar-refractivity contribution in [2.24, 2.45) is 11.5 Å². The molecule has 1 amide bonds. The van der Waals surface area contributed by atoms with Gasteiger partial charge in [0.2, 0.25) is 5.91 Å². The molecule has 1 atom stereocenters. The molecular weight excluding hydrogens is 282 g/mol. The van der Waals surface area contributed by atoms with Gasteiger partial charge in [0.05, 0.1) is 6.54 Å². The van der Waals surface area contributed by atoms with Gasteiger partial charge in [0, 0.05) is 17.1 Å². The predicted molar refractivity (Wildman–Crippen MR) is 72.4 cm³/mol. The van der Waals surface area contributed by atoms with E-state index in [0.717, 1.165) is 16.6 Å². The maximum Gasteiger partial charge on any atom is 0.231 e. The van der Waals surface area contributed by atoms with E-state index in [9.17, 15) is 4.79 Å². The summed E-state index contributed by atoms with van der Waals surface area (Å²) in [5, 5.41) is 0. The Labute approximate surface area is 110 Å². The molecule has 4 N–H and O–H groups in total. The molecule has 1 rings (SSSR count). The lowest BCUT2D eigenvalue weighted by Gasteiger charge is -2.29. The van der Waals surface area contributed by atoms with Crippen LogP contribution in [0.3, 0.4) is 0 Å². The van der Waals surface area contributed by atoms with E-state index in [1.54, 1.807) is 0 Å². The third kappa shape index (κ3) is 3.80. The van der Waals surface area contributed by atoms with E-state index in [4.69, 9.17) is 11.5 Å². The van der Waals surface area contributed by atoms with Gasteiger partial charge in [0.1, 0.15) is 0 Å². The van der Waals surface area contributed by atoms with Crippen LogP contribution in [0.2, 0.25) is 0 Å². The van der Waals surface area contributed by atoms with Crippen LogP contribution in [0.25, 0.3) is 0 Å². The molecule has 0 aliphatic heterocycles. The molecule has 0 heterocycles. The average Bonchev–Trinajstić information content (AvgIpc) is 2.30. The van der Waals surface area contributed by atoms with Gasteiger partial charge in [-0.3, -0.25) is 9.69 Å². The zero-order valence-corrected chi connectivity index (χ0v) is 11.5. The van der Waals surface area contributed by atoms with Crippen molar-refractivity contribution < 1.29 is 4.79 Å². The standard InChI is InChI=1S/C12H18BrN3O/c1-2-16(8-12(15)17)11(7-14)9-5-3-4-6-10(9)13/h3-6,11H,2,7-8,14H2,1H3,(H2,15,17). The van der Waals surface area contributed by atoms with Crippen molar-refractivity contribution in [2.45, 2.75) is 13.0 Å². The molecule has 94 valence electrons. The minimum absolute atomic E-state index is 0.00285. The van der Waals surface area contributed by atoms with Crippen molar-refractivity contribution in [1.29, 1.82) is 0 Å². The lowest BCUT2D eigenvalue weighted by Crippen LogP contribution is -2.39. The van der Waals surface area contributed by atoms with E-state index >= 15 is 0 Å². The number of carbonyl (C=O) groups excluding carboxylic acids is 1. The van der Waals surface area contributed by atoms with E-state index in [0.29, 0.717) is 6.54 Å². The van der Waals surface area contributed by atoms with Crippen LogP contribution in [-0.4, -0.2) is 30.4 Å². The van der Waals surface area contributed by atoms with Crippen LogP contribution in [0.5, 0.6) is 0 Å². The van der Waals surface area contributed by atoms with Crippen molar-refractivity contribution in [3.63, 3.8) is 0 Å². The van der Waals surface area contributed by atoms with Crippen LogP contribution in [0.15, 0.2) is 28.7 Å². The van der Waals surface area contributed by atoms with E-state index in [1.165, 1.54) is 0 Å². The Morgan fingerprint density at radius 1 is 1.47 bits per heavy atom. The largest absolute Gasteiger partial charge is 0.369 e.